The Labute approximate surface area is 131 Å². The molecule has 0 saturated heterocycles. The van der Waals surface area contributed by atoms with Gasteiger partial charge < -0.3 is 4.74 Å². The molecule has 0 amide bonds. The fourth-order valence-electron chi connectivity index (χ4n) is 1.99. The maximum Gasteiger partial charge on any atom is 0.327 e. The molecule has 0 fully saturated rings. The van der Waals surface area contributed by atoms with Crippen molar-refractivity contribution in [1.29, 1.82) is 0 Å². The second-order valence-electron chi connectivity index (χ2n) is 5.47. The van der Waals surface area contributed by atoms with E-state index in [1.807, 2.05) is 74.5 Å². The lowest BCUT2D eigenvalue weighted by Crippen LogP contribution is -2.14. The largest absolute Gasteiger partial charge is 0.464 e. The van der Waals surface area contributed by atoms with E-state index in [-0.39, 0.29) is 12.5 Å². The van der Waals surface area contributed by atoms with Crippen molar-refractivity contribution in [3.05, 3.63) is 71.8 Å². The fraction of sp³-hybridized carbons (Fsp3) is 0.263. The zero-order valence-corrected chi connectivity index (χ0v) is 13.0. The Morgan fingerprint density at radius 3 is 1.91 bits per heavy atom. The van der Waals surface area contributed by atoms with E-state index in [2.05, 4.69) is 4.99 Å². The molecule has 0 atom stereocenters. The van der Waals surface area contributed by atoms with Gasteiger partial charge in [0, 0.05) is 11.1 Å². The average molecular weight is 295 g/mol. The van der Waals surface area contributed by atoms with Crippen molar-refractivity contribution in [1.82, 2.24) is 0 Å². The Morgan fingerprint density at radius 2 is 1.45 bits per heavy atom. The van der Waals surface area contributed by atoms with Crippen molar-refractivity contribution in [3.8, 4) is 0 Å². The third-order valence-corrected chi connectivity index (χ3v) is 3.04. The molecule has 3 heteroatoms. The summed E-state index contributed by atoms with van der Waals surface area (Å²) in [5.74, 6) is 0.0358. The van der Waals surface area contributed by atoms with Crippen LogP contribution in [0.1, 0.15) is 25.0 Å². The van der Waals surface area contributed by atoms with Gasteiger partial charge in [0.15, 0.2) is 0 Å². The van der Waals surface area contributed by atoms with Crippen molar-refractivity contribution < 1.29 is 9.53 Å². The average Bonchev–Trinajstić information content (AvgIpc) is 2.55. The maximum absolute atomic E-state index is 11.8. The van der Waals surface area contributed by atoms with Crippen LogP contribution in [0.25, 0.3) is 0 Å². The summed E-state index contributed by atoms with van der Waals surface area (Å²) >= 11 is 0. The molecular formula is C19H21NO2. The molecule has 0 N–H and O–H groups in total. The lowest BCUT2D eigenvalue weighted by atomic mass is 10.0. The van der Waals surface area contributed by atoms with Crippen molar-refractivity contribution in [2.75, 3.05) is 13.2 Å². The zero-order chi connectivity index (χ0) is 15.8. The van der Waals surface area contributed by atoms with Crippen LogP contribution >= 0.6 is 0 Å². The maximum atomic E-state index is 11.8. The van der Waals surface area contributed by atoms with Gasteiger partial charge in [-0.25, -0.2) is 0 Å². The molecule has 0 aliphatic heterocycles. The Hall–Kier alpha value is -2.42. The molecule has 114 valence electrons. The Kier molecular flexibility index (Phi) is 5.90. The number of nitrogens with zero attached hydrogens (tertiary/aromatic N) is 1. The van der Waals surface area contributed by atoms with Crippen LogP contribution in [-0.4, -0.2) is 24.8 Å². The first-order valence-electron chi connectivity index (χ1n) is 7.47. The van der Waals surface area contributed by atoms with Gasteiger partial charge in [0.1, 0.15) is 6.54 Å². The van der Waals surface area contributed by atoms with Crippen molar-refractivity contribution in [2.45, 2.75) is 13.8 Å². The van der Waals surface area contributed by atoms with Crippen molar-refractivity contribution in [2.24, 2.45) is 10.9 Å². The zero-order valence-electron chi connectivity index (χ0n) is 13.0. The van der Waals surface area contributed by atoms with Gasteiger partial charge in [0.05, 0.1) is 12.3 Å². The number of rotatable bonds is 6. The molecule has 2 aromatic rings. The van der Waals surface area contributed by atoms with E-state index >= 15 is 0 Å². The van der Waals surface area contributed by atoms with E-state index in [0.717, 1.165) is 16.8 Å². The molecule has 0 aromatic heterocycles. The van der Waals surface area contributed by atoms with Gasteiger partial charge in [-0.05, 0) is 5.92 Å². The number of hydrogen-bond acceptors (Lipinski definition) is 3. The summed E-state index contributed by atoms with van der Waals surface area (Å²) in [7, 11) is 0. The minimum Gasteiger partial charge on any atom is -0.464 e. The van der Waals surface area contributed by atoms with Crippen molar-refractivity contribution >= 4 is 11.7 Å². The van der Waals surface area contributed by atoms with Gasteiger partial charge in [0.2, 0.25) is 0 Å². The van der Waals surface area contributed by atoms with E-state index in [4.69, 9.17) is 4.74 Å². The highest BCUT2D eigenvalue weighted by Gasteiger charge is 2.08. The van der Waals surface area contributed by atoms with Crippen molar-refractivity contribution in [3.63, 3.8) is 0 Å². The standard InChI is InChI=1S/C19H21NO2/c1-15(2)14-22-18(21)13-20-19(16-9-5-3-6-10-16)17-11-7-4-8-12-17/h3-12,15H,13-14H2,1-2H3. The minimum absolute atomic E-state index is 0.0336. The molecule has 22 heavy (non-hydrogen) atoms. The van der Waals surface area contributed by atoms with Gasteiger partial charge in [-0.2, -0.15) is 0 Å². The Balaban J connectivity index is 2.18. The molecule has 0 saturated carbocycles. The molecule has 0 aliphatic carbocycles. The van der Waals surface area contributed by atoms with E-state index in [1.165, 1.54) is 0 Å². The molecular weight excluding hydrogens is 274 g/mol. The molecule has 0 bridgehead atoms. The first kappa shape index (κ1) is 16.0. The van der Waals surface area contributed by atoms with Crippen LogP contribution in [0.5, 0.6) is 0 Å². The third kappa shape index (κ3) is 4.85. The Bertz CT molecular complexity index is 577. The first-order chi connectivity index (χ1) is 10.7. The van der Waals surface area contributed by atoms with Crippen LogP contribution < -0.4 is 0 Å². The summed E-state index contributed by atoms with van der Waals surface area (Å²) in [6, 6.07) is 19.7. The molecule has 0 spiro atoms. The monoisotopic (exact) mass is 295 g/mol. The van der Waals surface area contributed by atoms with Gasteiger partial charge >= 0.3 is 5.97 Å². The topological polar surface area (TPSA) is 38.7 Å². The van der Waals surface area contributed by atoms with Crippen LogP contribution in [0.2, 0.25) is 0 Å². The van der Waals surface area contributed by atoms with Crippen LogP contribution in [0, 0.1) is 5.92 Å². The summed E-state index contributed by atoms with van der Waals surface area (Å²) in [6.07, 6.45) is 0. The molecule has 2 rings (SSSR count). The molecule has 0 radical (unpaired) electrons. The quantitative estimate of drug-likeness (QED) is 0.602. The molecule has 0 heterocycles. The minimum atomic E-state index is -0.293. The van der Waals surface area contributed by atoms with E-state index in [1.54, 1.807) is 0 Å². The van der Waals surface area contributed by atoms with Gasteiger partial charge in [0.25, 0.3) is 0 Å². The van der Waals surface area contributed by atoms with Crippen LogP contribution in [0.3, 0.4) is 0 Å². The summed E-state index contributed by atoms with van der Waals surface area (Å²) in [6.45, 7) is 4.48. The van der Waals surface area contributed by atoms with Gasteiger partial charge in [-0.1, -0.05) is 74.5 Å². The summed E-state index contributed by atoms with van der Waals surface area (Å²) in [5, 5.41) is 0. The summed E-state index contributed by atoms with van der Waals surface area (Å²) in [4.78, 5) is 16.3. The highest BCUT2D eigenvalue weighted by molar-refractivity contribution is 6.13. The summed E-state index contributed by atoms with van der Waals surface area (Å²) in [5.41, 5.74) is 2.79. The number of aliphatic imine (C=N–C) groups is 1. The molecule has 0 unspecified atom stereocenters. The van der Waals surface area contributed by atoms with Crippen LogP contribution in [0.4, 0.5) is 0 Å². The number of benzene rings is 2. The third-order valence-electron chi connectivity index (χ3n) is 3.04. The number of carbonyl (C=O) groups is 1. The number of ether oxygens (including phenoxy) is 1. The van der Waals surface area contributed by atoms with Crippen LogP contribution in [-0.2, 0) is 9.53 Å². The SMILES string of the molecule is CC(C)COC(=O)CN=C(c1ccccc1)c1ccccc1. The Morgan fingerprint density at radius 1 is 0.955 bits per heavy atom. The predicted octanol–water partition coefficient (Wildman–Crippen LogP) is 3.72. The molecule has 2 aromatic carbocycles. The molecule has 3 nitrogen and oxygen atoms in total. The predicted molar refractivity (Wildman–Crippen MR) is 89.2 cm³/mol. The lowest BCUT2D eigenvalue weighted by molar-refractivity contribution is -0.142. The fourth-order valence-corrected chi connectivity index (χ4v) is 1.99. The molecule has 0 aliphatic rings. The van der Waals surface area contributed by atoms with E-state index in [0.29, 0.717) is 12.5 Å². The highest BCUT2D eigenvalue weighted by Crippen LogP contribution is 2.11. The normalized spacial score (nSPS) is 10.3. The van der Waals surface area contributed by atoms with E-state index < -0.39 is 0 Å². The summed E-state index contributed by atoms with van der Waals surface area (Å²) < 4.78 is 5.18. The number of carbonyl (C=O) groups excluding carboxylic acids is 1. The second-order valence-corrected chi connectivity index (χ2v) is 5.47. The number of hydrogen-bond donors (Lipinski definition) is 0. The van der Waals surface area contributed by atoms with E-state index in [9.17, 15) is 4.79 Å². The lowest BCUT2D eigenvalue weighted by Gasteiger charge is -2.09. The first-order valence-corrected chi connectivity index (χ1v) is 7.47. The number of esters is 1. The van der Waals surface area contributed by atoms with Gasteiger partial charge in [-0.15, -0.1) is 0 Å². The highest BCUT2D eigenvalue weighted by atomic mass is 16.5. The van der Waals surface area contributed by atoms with Gasteiger partial charge in [-0.3, -0.25) is 9.79 Å². The second kappa shape index (κ2) is 8.13. The smallest absolute Gasteiger partial charge is 0.327 e. The van der Waals surface area contributed by atoms with Crippen LogP contribution in [0.15, 0.2) is 65.7 Å².